The van der Waals surface area contributed by atoms with Gasteiger partial charge in [-0.05, 0) is 48.9 Å². The largest absolute Gasteiger partial charge is 0.349 e. The molecule has 2 aromatic carbocycles. The molecule has 3 rings (SSSR count). The van der Waals surface area contributed by atoms with E-state index < -0.39 is 0 Å². The topological polar surface area (TPSA) is 70.7 Å². The van der Waals surface area contributed by atoms with Crippen LogP contribution >= 0.6 is 46.6 Å². The summed E-state index contributed by atoms with van der Waals surface area (Å²) < 4.78 is 0. The van der Waals surface area contributed by atoms with E-state index in [2.05, 4.69) is 20.5 Å². The third-order valence-electron chi connectivity index (χ3n) is 3.74. The van der Waals surface area contributed by atoms with Crippen molar-refractivity contribution in [1.29, 1.82) is 0 Å². The quantitative estimate of drug-likeness (QED) is 0.502. The second-order valence-electron chi connectivity index (χ2n) is 5.72. The van der Waals surface area contributed by atoms with Gasteiger partial charge in [-0.3, -0.25) is 9.89 Å². The Morgan fingerprint density at radius 1 is 1.15 bits per heavy atom. The first kappa shape index (κ1) is 20.0. The third kappa shape index (κ3) is 5.39. The second kappa shape index (κ2) is 8.97. The first-order valence-electron chi connectivity index (χ1n) is 7.98. The van der Waals surface area contributed by atoms with Crippen LogP contribution in [0.3, 0.4) is 0 Å². The average Bonchev–Trinajstić information content (AvgIpc) is 3.12. The van der Waals surface area contributed by atoms with Gasteiger partial charge in [0.05, 0.1) is 21.8 Å². The zero-order chi connectivity index (χ0) is 19.4. The van der Waals surface area contributed by atoms with Crippen molar-refractivity contribution in [3.63, 3.8) is 0 Å². The number of hydrogen-bond acceptors (Lipinski definition) is 4. The first-order chi connectivity index (χ1) is 12.9. The van der Waals surface area contributed by atoms with Gasteiger partial charge in [0.25, 0.3) is 0 Å². The Hall–Kier alpha value is -1.73. The number of aromatic nitrogens is 3. The maximum Gasteiger partial charge on any atom is 0.230 e. The van der Waals surface area contributed by atoms with Gasteiger partial charge in [0.15, 0.2) is 5.82 Å². The van der Waals surface area contributed by atoms with Crippen molar-refractivity contribution in [2.24, 2.45) is 0 Å². The summed E-state index contributed by atoms with van der Waals surface area (Å²) in [5, 5.41) is 12.0. The monoisotopic (exact) mass is 440 g/mol. The van der Waals surface area contributed by atoms with E-state index in [1.165, 1.54) is 11.8 Å². The number of carbonyl (C=O) groups excluding carboxylic acids is 1. The minimum absolute atomic E-state index is 0.128. The molecule has 1 aromatic heterocycles. The molecule has 1 heterocycles. The molecule has 0 bridgehead atoms. The lowest BCUT2D eigenvalue weighted by atomic mass is 10.1. The molecule has 0 radical (unpaired) electrons. The number of aromatic amines is 1. The number of thioether (sulfide) groups is 1. The fourth-order valence-electron chi connectivity index (χ4n) is 2.33. The fraction of sp³-hybridized carbons (Fsp3) is 0.167. The number of rotatable bonds is 6. The number of halogens is 3. The number of H-pyrrole nitrogens is 1. The van der Waals surface area contributed by atoms with Crippen LogP contribution < -0.4 is 5.32 Å². The van der Waals surface area contributed by atoms with E-state index in [1.54, 1.807) is 24.3 Å². The molecular formula is C18H15Cl3N4OS. The highest BCUT2D eigenvalue weighted by molar-refractivity contribution is 7.99. The highest BCUT2D eigenvalue weighted by Crippen LogP contribution is 2.26. The zero-order valence-electron chi connectivity index (χ0n) is 14.2. The maximum atomic E-state index is 12.2. The van der Waals surface area contributed by atoms with Crippen LogP contribution in [0.25, 0.3) is 11.4 Å². The number of benzene rings is 2. The van der Waals surface area contributed by atoms with E-state index in [0.29, 0.717) is 26.0 Å². The van der Waals surface area contributed by atoms with E-state index in [9.17, 15) is 4.79 Å². The van der Waals surface area contributed by atoms with Crippen molar-refractivity contribution in [2.45, 2.75) is 18.1 Å². The average molecular weight is 442 g/mol. The van der Waals surface area contributed by atoms with Crippen LogP contribution in [0.4, 0.5) is 0 Å². The molecule has 0 aliphatic heterocycles. The lowest BCUT2D eigenvalue weighted by Gasteiger charge is -2.14. The third-order valence-corrected chi connectivity index (χ3v) is 5.57. The predicted octanol–water partition coefficient (Wildman–Crippen LogP) is 5.40. The molecule has 1 amide bonds. The molecule has 0 saturated carbocycles. The van der Waals surface area contributed by atoms with Gasteiger partial charge in [0.1, 0.15) is 0 Å². The van der Waals surface area contributed by atoms with Crippen molar-refractivity contribution in [1.82, 2.24) is 20.5 Å². The molecule has 27 heavy (non-hydrogen) atoms. The summed E-state index contributed by atoms with van der Waals surface area (Å²) >= 11 is 19.1. The number of carbonyl (C=O) groups is 1. The Labute approximate surface area is 175 Å². The van der Waals surface area contributed by atoms with Gasteiger partial charge in [-0.1, -0.05) is 52.6 Å². The van der Waals surface area contributed by atoms with E-state index in [0.717, 1.165) is 11.1 Å². The lowest BCUT2D eigenvalue weighted by Crippen LogP contribution is -2.28. The van der Waals surface area contributed by atoms with Crippen molar-refractivity contribution in [3.05, 3.63) is 63.1 Å². The smallest absolute Gasteiger partial charge is 0.230 e. The standard InChI is InChI=1S/C18H15Cl3N4OS/c1-10(12-4-7-14(20)15(21)8-12)22-16(26)9-27-18-23-17(24-25-18)11-2-5-13(19)6-3-11/h2-8,10H,9H2,1H3,(H,22,26)(H,23,24,25). The number of nitrogens with zero attached hydrogens (tertiary/aromatic N) is 2. The van der Waals surface area contributed by atoms with E-state index >= 15 is 0 Å². The van der Waals surface area contributed by atoms with Crippen molar-refractivity contribution in [3.8, 4) is 11.4 Å². The van der Waals surface area contributed by atoms with Crippen molar-refractivity contribution >= 4 is 52.5 Å². The second-order valence-corrected chi connectivity index (χ2v) is 7.92. The minimum Gasteiger partial charge on any atom is -0.349 e. The van der Waals surface area contributed by atoms with Crippen LogP contribution in [0.2, 0.25) is 15.1 Å². The molecular weight excluding hydrogens is 427 g/mol. The summed E-state index contributed by atoms with van der Waals surface area (Å²) in [4.78, 5) is 16.6. The van der Waals surface area contributed by atoms with Gasteiger partial charge < -0.3 is 5.32 Å². The van der Waals surface area contributed by atoms with Gasteiger partial charge in [0, 0.05) is 10.6 Å². The number of hydrogen-bond donors (Lipinski definition) is 2. The molecule has 1 atom stereocenters. The van der Waals surface area contributed by atoms with Crippen LogP contribution in [0, 0.1) is 0 Å². The molecule has 9 heteroatoms. The first-order valence-corrected chi connectivity index (χ1v) is 10.1. The molecule has 5 nitrogen and oxygen atoms in total. The van der Waals surface area contributed by atoms with E-state index in [-0.39, 0.29) is 17.7 Å². The highest BCUT2D eigenvalue weighted by atomic mass is 35.5. The van der Waals surface area contributed by atoms with E-state index in [1.807, 2.05) is 25.1 Å². The van der Waals surface area contributed by atoms with Crippen molar-refractivity contribution < 1.29 is 4.79 Å². The number of nitrogens with one attached hydrogen (secondary N) is 2. The molecule has 3 aromatic rings. The summed E-state index contributed by atoms with van der Waals surface area (Å²) in [5.74, 6) is 0.694. The molecule has 2 N–H and O–H groups in total. The van der Waals surface area contributed by atoms with Crippen molar-refractivity contribution in [2.75, 3.05) is 5.75 Å². The summed E-state index contributed by atoms with van der Waals surface area (Å²) in [6, 6.07) is 12.4. The maximum absolute atomic E-state index is 12.2. The summed E-state index contributed by atoms with van der Waals surface area (Å²) in [7, 11) is 0. The molecule has 0 aliphatic carbocycles. The van der Waals surface area contributed by atoms with Crippen LogP contribution in [-0.2, 0) is 4.79 Å². The van der Waals surface area contributed by atoms with E-state index in [4.69, 9.17) is 34.8 Å². The SMILES string of the molecule is CC(NC(=O)CSc1n[nH]c(-c2ccc(Cl)cc2)n1)c1ccc(Cl)c(Cl)c1. The summed E-state index contributed by atoms with van der Waals surface area (Å²) in [5.41, 5.74) is 1.75. The van der Waals surface area contributed by atoms with Gasteiger partial charge in [-0.2, -0.15) is 0 Å². The van der Waals surface area contributed by atoms with Gasteiger partial charge in [-0.15, -0.1) is 5.10 Å². The lowest BCUT2D eigenvalue weighted by molar-refractivity contribution is -0.119. The molecule has 0 aliphatic rings. The normalized spacial score (nSPS) is 12.0. The Balaban J connectivity index is 1.54. The molecule has 0 spiro atoms. The molecule has 0 fully saturated rings. The summed E-state index contributed by atoms with van der Waals surface area (Å²) in [6.07, 6.45) is 0. The van der Waals surface area contributed by atoms with Gasteiger partial charge in [-0.25, -0.2) is 4.98 Å². The Bertz CT molecular complexity index is 946. The van der Waals surface area contributed by atoms with Gasteiger partial charge in [0.2, 0.25) is 11.1 Å². The van der Waals surface area contributed by atoms with Gasteiger partial charge >= 0.3 is 0 Å². The number of amides is 1. The Kier molecular flexibility index (Phi) is 6.65. The van der Waals surface area contributed by atoms with Crippen LogP contribution in [0.15, 0.2) is 47.6 Å². The minimum atomic E-state index is -0.190. The molecule has 0 saturated heterocycles. The molecule has 140 valence electrons. The highest BCUT2D eigenvalue weighted by Gasteiger charge is 2.13. The zero-order valence-corrected chi connectivity index (χ0v) is 17.3. The van der Waals surface area contributed by atoms with Crippen LogP contribution in [0.5, 0.6) is 0 Å². The van der Waals surface area contributed by atoms with Crippen LogP contribution in [-0.4, -0.2) is 26.8 Å². The fourth-order valence-corrected chi connectivity index (χ4v) is 3.37. The summed E-state index contributed by atoms with van der Waals surface area (Å²) in [6.45, 7) is 1.88. The van der Waals surface area contributed by atoms with Crippen LogP contribution in [0.1, 0.15) is 18.5 Å². The Morgan fingerprint density at radius 2 is 1.89 bits per heavy atom. The Morgan fingerprint density at radius 3 is 2.59 bits per heavy atom. The molecule has 1 unspecified atom stereocenters. The predicted molar refractivity (Wildman–Crippen MR) is 111 cm³/mol.